The van der Waals surface area contributed by atoms with Gasteiger partial charge in [-0.25, -0.2) is 0 Å². The van der Waals surface area contributed by atoms with E-state index >= 15 is 0 Å². The number of hydrogen-bond acceptors (Lipinski definition) is 4. The fourth-order valence-corrected chi connectivity index (χ4v) is 3.34. The second kappa shape index (κ2) is 11.0. The predicted octanol–water partition coefficient (Wildman–Crippen LogP) is 2.25. The monoisotopic (exact) mass is 417 g/mol. The highest BCUT2D eigenvalue weighted by Gasteiger charge is 2.24. The molecular weight excluding hydrogens is 390 g/mol. The molecule has 1 aliphatic rings. The molecule has 1 atom stereocenters. The van der Waals surface area contributed by atoms with Gasteiger partial charge in [-0.05, 0) is 41.8 Å². The highest BCUT2D eigenvalue weighted by molar-refractivity contribution is 5.94. The molecule has 0 spiro atoms. The third-order valence-electron chi connectivity index (χ3n) is 4.98. The number of nitrogens with one attached hydrogen (secondary N) is 1. The number of nitrogens with zero attached hydrogens (tertiary/aromatic N) is 1. The highest BCUT2D eigenvalue weighted by Crippen LogP contribution is 2.22. The Kier molecular flexibility index (Phi) is 8.64. The first-order chi connectivity index (χ1) is 13.6. The van der Waals surface area contributed by atoms with E-state index in [-0.39, 0.29) is 30.3 Å². The smallest absolute Gasteiger partial charge is 0.254 e. The first-order valence-electron chi connectivity index (χ1n) is 9.61. The van der Waals surface area contributed by atoms with Crippen molar-refractivity contribution in [1.82, 2.24) is 10.2 Å². The molecule has 1 aliphatic heterocycles. The van der Waals surface area contributed by atoms with Crippen molar-refractivity contribution in [3.05, 3.63) is 59.7 Å². The number of carbonyl (C=O) groups is 2. The Morgan fingerprint density at radius 1 is 1.10 bits per heavy atom. The molecule has 3 rings (SSSR count). The molecule has 6 nitrogen and oxygen atoms in total. The maximum absolute atomic E-state index is 12.8. The Labute approximate surface area is 177 Å². The van der Waals surface area contributed by atoms with Gasteiger partial charge in [-0.3, -0.25) is 9.59 Å². The normalized spacial score (nSPS) is 16.1. The molecule has 2 aromatic rings. The lowest BCUT2D eigenvalue weighted by Gasteiger charge is -2.33. The minimum atomic E-state index is -0.00701. The number of carbonyl (C=O) groups excluding carboxylic acids is 2. The molecule has 156 valence electrons. The molecule has 0 aromatic heterocycles. The molecule has 3 N–H and O–H groups in total. The summed E-state index contributed by atoms with van der Waals surface area (Å²) < 4.78 is 5.65. The van der Waals surface area contributed by atoms with E-state index < -0.39 is 0 Å². The topological polar surface area (TPSA) is 84.7 Å². The van der Waals surface area contributed by atoms with E-state index in [1.807, 2.05) is 53.4 Å². The van der Waals surface area contributed by atoms with E-state index in [1.54, 1.807) is 7.05 Å². The van der Waals surface area contributed by atoms with Crippen LogP contribution in [0.25, 0.3) is 11.1 Å². The number of hydrogen-bond donors (Lipinski definition) is 2. The molecule has 29 heavy (non-hydrogen) atoms. The maximum atomic E-state index is 12.8. The lowest BCUT2D eigenvalue weighted by atomic mass is 10.0. The summed E-state index contributed by atoms with van der Waals surface area (Å²) in [6.45, 7) is 2.30. The third kappa shape index (κ3) is 6.03. The van der Waals surface area contributed by atoms with Gasteiger partial charge in [-0.2, -0.15) is 0 Å². The molecule has 0 saturated carbocycles. The zero-order valence-electron chi connectivity index (χ0n) is 16.6. The van der Waals surface area contributed by atoms with Gasteiger partial charge >= 0.3 is 0 Å². The molecule has 0 aliphatic carbocycles. The lowest BCUT2D eigenvalue weighted by Crippen LogP contribution is -2.46. The van der Waals surface area contributed by atoms with E-state index in [4.69, 9.17) is 10.5 Å². The zero-order valence-corrected chi connectivity index (χ0v) is 17.4. The standard InChI is InChI=1S/C22H27N3O3.ClH/c1-24-21(26)14-16-2-4-17(5-3-16)18-6-8-19(9-7-18)22(27)25-12-13-28-20(15-25)10-11-23;/h2-9,20H,10-15,23H2,1H3,(H,24,26);1H. The van der Waals surface area contributed by atoms with Crippen molar-refractivity contribution < 1.29 is 14.3 Å². The maximum Gasteiger partial charge on any atom is 0.254 e. The van der Waals surface area contributed by atoms with Gasteiger partial charge in [-0.1, -0.05) is 36.4 Å². The second-order valence-corrected chi connectivity index (χ2v) is 6.95. The van der Waals surface area contributed by atoms with Gasteiger partial charge in [0.25, 0.3) is 5.91 Å². The number of likely N-dealkylation sites (N-methyl/N-ethyl adjacent to an activating group) is 1. The molecule has 2 aromatic carbocycles. The van der Waals surface area contributed by atoms with Gasteiger partial charge in [0.2, 0.25) is 5.91 Å². The van der Waals surface area contributed by atoms with E-state index in [9.17, 15) is 9.59 Å². The van der Waals surface area contributed by atoms with Crippen LogP contribution in [-0.2, 0) is 16.0 Å². The van der Waals surface area contributed by atoms with E-state index in [2.05, 4.69) is 5.32 Å². The minimum absolute atomic E-state index is 0. The first-order valence-corrected chi connectivity index (χ1v) is 9.61. The summed E-state index contributed by atoms with van der Waals surface area (Å²) in [6, 6.07) is 15.5. The van der Waals surface area contributed by atoms with E-state index in [1.165, 1.54) is 0 Å². The summed E-state index contributed by atoms with van der Waals surface area (Å²) in [5.74, 6) is 0.0187. The van der Waals surface area contributed by atoms with E-state index in [0.717, 1.165) is 23.1 Å². The Bertz CT molecular complexity index is 807. The van der Waals surface area contributed by atoms with Crippen LogP contribution in [0.2, 0.25) is 0 Å². The number of ether oxygens (including phenoxy) is 1. The molecule has 1 saturated heterocycles. The van der Waals surface area contributed by atoms with Crippen LogP contribution in [0.15, 0.2) is 48.5 Å². The summed E-state index contributed by atoms with van der Waals surface area (Å²) in [5, 5.41) is 2.62. The number of halogens is 1. The molecule has 7 heteroatoms. The van der Waals surface area contributed by atoms with Crippen molar-refractivity contribution in [1.29, 1.82) is 0 Å². The van der Waals surface area contributed by atoms with Crippen molar-refractivity contribution in [2.75, 3.05) is 33.3 Å². The summed E-state index contributed by atoms with van der Waals surface area (Å²) >= 11 is 0. The largest absolute Gasteiger partial charge is 0.374 e. The van der Waals surface area contributed by atoms with Crippen molar-refractivity contribution in [3.8, 4) is 11.1 Å². The van der Waals surface area contributed by atoms with Gasteiger partial charge < -0.3 is 20.7 Å². The Balaban J connectivity index is 0.00000300. The summed E-state index contributed by atoms with van der Waals surface area (Å²) in [6.07, 6.45) is 1.16. The summed E-state index contributed by atoms with van der Waals surface area (Å²) in [7, 11) is 1.63. The van der Waals surface area contributed by atoms with Gasteiger partial charge in [0.1, 0.15) is 0 Å². The average molecular weight is 418 g/mol. The highest BCUT2D eigenvalue weighted by atomic mass is 35.5. The number of nitrogens with two attached hydrogens (primary N) is 1. The molecule has 0 bridgehead atoms. The molecule has 1 unspecified atom stereocenters. The fraction of sp³-hybridized carbons (Fsp3) is 0.364. The number of amides is 2. The molecule has 0 radical (unpaired) electrons. The fourth-order valence-electron chi connectivity index (χ4n) is 3.34. The van der Waals surface area contributed by atoms with E-state index in [0.29, 0.717) is 38.2 Å². The first kappa shape index (κ1) is 22.9. The van der Waals surface area contributed by atoms with Crippen molar-refractivity contribution in [3.63, 3.8) is 0 Å². The van der Waals surface area contributed by atoms with Gasteiger partial charge in [0, 0.05) is 25.7 Å². The van der Waals surface area contributed by atoms with Gasteiger partial charge in [0.15, 0.2) is 0 Å². The molecule has 1 heterocycles. The van der Waals surface area contributed by atoms with Crippen LogP contribution >= 0.6 is 12.4 Å². The minimum Gasteiger partial charge on any atom is -0.374 e. The number of morpholine rings is 1. The van der Waals surface area contributed by atoms with Crippen LogP contribution in [-0.4, -0.2) is 56.1 Å². The Hall–Kier alpha value is -2.41. The van der Waals surface area contributed by atoms with Crippen molar-refractivity contribution in [2.24, 2.45) is 5.73 Å². The summed E-state index contributed by atoms with van der Waals surface area (Å²) in [4.78, 5) is 26.1. The van der Waals surface area contributed by atoms with Crippen molar-refractivity contribution in [2.45, 2.75) is 18.9 Å². The van der Waals surface area contributed by atoms with Crippen LogP contribution < -0.4 is 11.1 Å². The second-order valence-electron chi connectivity index (χ2n) is 6.95. The third-order valence-corrected chi connectivity index (χ3v) is 4.98. The van der Waals surface area contributed by atoms with Crippen LogP contribution in [0.5, 0.6) is 0 Å². The van der Waals surface area contributed by atoms with Gasteiger partial charge in [-0.15, -0.1) is 12.4 Å². The Morgan fingerprint density at radius 3 is 2.31 bits per heavy atom. The van der Waals surface area contributed by atoms with Crippen molar-refractivity contribution >= 4 is 24.2 Å². The molecule has 1 fully saturated rings. The SMILES string of the molecule is CNC(=O)Cc1ccc(-c2ccc(C(=O)N3CCOC(CCN)C3)cc2)cc1.Cl. The van der Waals surface area contributed by atoms with Crippen LogP contribution in [0, 0.1) is 0 Å². The average Bonchev–Trinajstić information content (AvgIpc) is 2.74. The summed E-state index contributed by atoms with van der Waals surface area (Å²) in [5.41, 5.74) is 9.33. The molecule has 2 amide bonds. The lowest BCUT2D eigenvalue weighted by molar-refractivity contribution is -0.119. The van der Waals surface area contributed by atoms with Crippen LogP contribution in [0.1, 0.15) is 22.3 Å². The quantitative estimate of drug-likeness (QED) is 0.755. The van der Waals surface area contributed by atoms with Gasteiger partial charge in [0.05, 0.1) is 19.1 Å². The zero-order chi connectivity index (χ0) is 19.9. The predicted molar refractivity (Wildman–Crippen MR) is 116 cm³/mol. The molecular formula is C22H28ClN3O3. The Morgan fingerprint density at radius 2 is 1.72 bits per heavy atom. The number of rotatable bonds is 6. The number of benzene rings is 2. The van der Waals surface area contributed by atoms with Crippen LogP contribution in [0.3, 0.4) is 0 Å². The van der Waals surface area contributed by atoms with Crippen LogP contribution in [0.4, 0.5) is 0 Å².